The molecule has 1 aromatic heterocycles. The Morgan fingerprint density at radius 1 is 1.30 bits per heavy atom. The van der Waals surface area contributed by atoms with Crippen LogP contribution in [-0.4, -0.2) is 29.6 Å². The second kappa shape index (κ2) is 6.83. The molecule has 1 atom stereocenters. The molecule has 0 saturated heterocycles. The summed E-state index contributed by atoms with van der Waals surface area (Å²) in [4.78, 5) is 27.9. The van der Waals surface area contributed by atoms with Gasteiger partial charge in [0.05, 0.1) is 7.11 Å². The highest BCUT2D eigenvalue weighted by atomic mass is 79.9. The number of methoxy groups -OCH3 is 1. The molecule has 0 radical (unpaired) electrons. The lowest BCUT2D eigenvalue weighted by molar-refractivity contribution is -0.168. The van der Waals surface area contributed by atoms with E-state index in [9.17, 15) is 9.59 Å². The first kappa shape index (κ1) is 16.6. The maximum absolute atomic E-state index is 12.1. The summed E-state index contributed by atoms with van der Waals surface area (Å²) >= 11 is 3.30. The van der Waals surface area contributed by atoms with Crippen molar-refractivity contribution in [3.05, 3.63) is 28.5 Å². The van der Waals surface area contributed by atoms with E-state index < -0.39 is 23.5 Å². The largest absolute Gasteiger partial charge is 0.468 e. The Bertz CT molecular complexity index is 496. The average molecular weight is 344 g/mol. The molecule has 0 aliphatic heterocycles. The van der Waals surface area contributed by atoms with Crippen LogP contribution in [0.15, 0.2) is 22.9 Å². The maximum atomic E-state index is 12.1. The molecule has 0 aliphatic carbocycles. The van der Waals surface area contributed by atoms with Crippen LogP contribution < -0.4 is 0 Å². The molecule has 1 unspecified atom stereocenters. The van der Waals surface area contributed by atoms with Crippen molar-refractivity contribution >= 4 is 27.9 Å². The number of nitrogens with zero attached hydrogens (tertiary/aromatic N) is 1. The van der Waals surface area contributed by atoms with Crippen LogP contribution >= 0.6 is 15.9 Å². The molecule has 1 aromatic rings. The van der Waals surface area contributed by atoms with Gasteiger partial charge in [-0.1, -0.05) is 0 Å². The Labute approximate surface area is 126 Å². The van der Waals surface area contributed by atoms with Gasteiger partial charge in [-0.25, -0.2) is 0 Å². The molecule has 5 nitrogen and oxygen atoms in total. The van der Waals surface area contributed by atoms with Crippen LogP contribution in [0, 0.1) is 5.92 Å². The van der Waals surface area contributed by atoms with E-state index in [1.807, 2.05) is 0 Å². The number of halogens is 1. The predicted molar refractivity (Wildman–Crippen MR) is 77.0 cm³/mol. The van der Waals surface area contributed by atoms with Crippen molar-refractivity contribution in [2.24, 2.45) is 5.92 Å². The van der Waals surface area contributed by atoms with Gasteiger partial charge in [-0.05, 0) is 54.8 Å². The van der Waals surface area contributed by atoms with Crippen LogP contribution in [0.2, 0.25) is 0 Å². The maximum Gasteiger partial charge on any atom is 0.321 e. The first-order valence-corrected chi connectivity index (χ1v) is 6.92. The third-order valence-electron chi connectivity index (χ3n) is 2.38. The summed E-state index contributed by atoms with van der Waals surface area (Å²) in [6.45, 7) is 5.25. The quantitative estimate of drug-likeness (QED) is 0.620. The van der Waals surface area contributed by atoms with Crippen LogP contribution in [0.5, 0.6) is 0 Å². The predicted octanol–water partition coefficient (Wildman–Crippen LogP) is 2.52. The van der Waals surface area contributed by atoms with Gasteiger partial charge in [0, 0.05) is 16.9 Å². The Hall–Kier alpha value is -1.43. The highest BCUT2D eigenvalue weighted by Gasteiger charge is 2.32. The van der Waals surface area contributed by atoms with E-state index in [4.69, 9.17) is 4.74 Å². The summed E-state index contributed by atoms with van der Waals surface area (Å²) in [5.74, 6) is -2.20. The highest BCUT2D eigenvalue weighted by Crippen LogP contribution is 2.18. The van der Waals surface area contributed by atoms with Gasteiger partial charge in [-0.2, -0.15) is 0 Å². The Morgan fingerprint density at radius 2 is 1.95 bits per heavy atom. The molecule has 20 heavy (non-hydrogen) atoms. The monoisotopic (exact) mass is 343 g/mol. The number of esters is 2. The van der Waals surface area contributed by atoms with Gasteiger partial charge in [0.15, 0.2) is 5.92 Å². The van der Waals surface area contributed by atoms with Crippen LogP contribution in [0.25, 0.3) is 0 Å². The summed E-state index contributed by atoms with van der Waals surface area (Å²) < 4.78 is 10.7. The summed E-state index contributed by atoms with van der Waals surface area (Å²) in [6.07, 6.45) is 3.42. The molecule has 1 heterocycles. The van der Waals surface area contributed by atoms with Gasteiger partial charge < -0.3 is 9.47 Å². The number of carbonyl (C=O) groups excluding carboxylic acids is 2. The lowest BCUT2D eigenvalue weighted by Crippen LogP contribution is -2.34. The molecule has 0 N–H and O–H groups in total. The normalized spacial score (nSPS) is 12.7. The SMILES string of the molecule is COC(=O)C(Cc1cncc(Br)c1)C(=O)OC(C)(C)C. The number of pyridine rings is 1. The molecule has 6 heteroatoms. The van der Waals surface area contributed by atoms with Crippen molar-refractivity contribution < 1.29 is 19.1 Å². The standard InChI is InChI=1S/C14H18BrNO4/c1-14(2,3)20-13(18)11(12(17)19-4)6-9-5-10(15)8-16-7-9/h5,7-8,11H,6H2,1-4H3. The summed E-state index contributed by atoms with van der Waals surface area (Å²) in [5, 5.41) is 0. The van der Waals surface area contributed by atoms with Crippen molar-refractivity contribution in [3.8, 4) is 0 Å². The van der Waals surface area contributed by atoms with Gasteiger partial charge in [0.25, 0.3) is 0 Å². The number of rotatable bonds is 4. The Balaban J connectivity index is 2.90. The van der Waals surface area contributed by atoms with E-state index in [0.29, 0.717) is 0 Å². The summed E-state index contributed by atoms with van der Waals surface area (Å²) in [6, 6.07) is 1.80. The van der Waals surface area contributed by atoms with E-state index in [0.717, 1.165) is 10.0 Å². The zero-order valence-electron chi connectivity index (χ0n) is 12.0. The van der Waals surface area contributed by atoms with Crippen LogP contribution in [0.4, 0.5) is 0 Å². The summed E-state index contributed by atoms with van der Waals surface area (Å²) in [5.41, 5.74) is 0.0967. The third-order valence-corrected chi connectivity index (χ3v) is 2.81. The Kier molecular flexibility index (Phi) is 5.68. The smallest absolute Gasteiger partial charge is 0.321 e. The first-order chi connectivity index (χ1) is 9.23. The van der Waals surface area contributed by atoms with E-state index in [1.165, 1.54) is 7.11 Å². The van der Waals surface area contributed by atoms with Gasteiger partial charge in [0.1, 0.15) is 5.60 Å². The van der Waals surface area contributed by atoms with Crippen molar-refractivity contribution in [3.63, 3.8) is 0 Å². The van der Waals surface area contributed by atoms with Crippen molar-refractivity contribution in [1.29, 1.82) is 0 Å². The molecule has 0 aliphatic rings. The molecule has 0 bridgehead atoms. The number of carbonyl (C=O) groups is 2. The van der Waals surface area contributed by atoms with E-state index in [1.54, 1.807) is 39.2 Å². The van der Waals surface area contributed by atoms with Crippen molar-refractivity contribution in [2.75, 3.05) is 7.11 Å². The molecule has 0 aromatic carbocycles. The molecule has 0 fully saturated rings. The third kappa shape index (κ3) is 5.28. The lowest BCUT2D eigenvalue weighted by Gasteiger charge is -2.22. The number of aromatic nitrogens is 1. The Morgan fingerprint density at radius 3 is 2.45 bits per heavy atom. The summed E-state index contributed by atoms with van der Waals surface area (Å²) in [7, 11) is 1.25. The van der Waals surface area contributed by atoms with Crippen LogP contribution in [0.3, 0.4) is 0 Å². The van der Waals surface area contributed by atoms with Gasteiger partial charge >= 0.3 is 11.9 Å². The van der Waals surface area contributed by atoms with Gasteiger partial charge in [-0.3, -0.25) is 14.6 Å². The minimum absolute atomic E-state index is 0.189. The fourth-order valence-corrected chi connectivity index (χ4v) is 1.99. The minimum Gasteiger partial charge on any atom is -0.468 e. The number of hydrogen-bond donors (Lipinski definition) is 0. The second-order valence-corrected chi connectivity index (χ2v) is 6.24. The van der Waals surface area contributed by atoms with Crippen molar-refractivity contribution in [2.45, 2.75) is 32.8 Å². The fourth-order valence-electron chi connectivity index (χ4n) is 1.58. The van der Waals surface area contributed by atoms with E-state index in [2.05, 4.69) is 25.7 Å². The van der Waals surface area contributed by atoms with E-state index in [-0.39, 0.29) is 6.42 Å². The molecule has 1 rings (SSSR count). The lowest BCUT2D eigenvalue weighted by atomic mass is 10.0. The molecular formula is C14H18BrNO4. The van der Waals surface area contributed by atoms with Gasteiger partial charge in [-0.15, -0.1) is 0 Å². The van der Waals surface area contributed by atoms with Gasteiger partial charge in [0.2, 0.25) is 0 Å². The minimum atomic E-state index is -0.990. The second-order valence-electron chi connectivity index (χ2n) is 5.32. The fraction of sp³-hybridized carbons (Fsp3) is 0.500. The zero-order chi connectivity index (χ0) is 15.3. The molecule has 0 amide bonds. The topological polar surface area (TPSA) is 65.5 Å². The van der Waals surface area contributed by atoms with Crippen LogP contribution in [0.1, 0.15) is 26.3 Å². The number of hydrogen-bond acceptors (Lipinski definition) is 5. The van der Waals surface area contributed by atoms with E-state index >= 15 is 0 Å². The zero-order valence-corrected chi connectivity index (χ0v) is 13.6. The first-order valence-electron chi connectivity index (χ1n) is 6.13. The molecule has 0 saturated carbocycles. The molecular weight excluding hydrogens is 326 g/mol. The number of ether oxygens (including phenoxy) is 2. The highest BCUT2D eigenvalue weighted by molar-refractivity contribution is 9.10. The average Bonchev–Trinajstić information content (AvgIpc) is 2.33. The molecule has 110 valence electrons. The van der Waals surface area contributed by atoms with Crippen LogP contribution in [-0.2, 0) is 25.5 Å². The van der Waals surface area contributed by atoms with Crippen molar-refractivity contribution in [1.82, 2.24) is 4.98 Å². The molecule has 0 spiro atoms.